The molecule has 92 valence electrons. The van der Waals surface area contributed by atoms with E-state index in [9.17, 15) is 0 Å². The minimum atomic E-state index is 0.702. The van der Waals surface area contributed by atoms with E-state index in [1.807, 2.05) is 13.8 Å². The molecule has 0 radical (unpaired) electrons. The minimum absolute atomic E-state index is 0.702. The molecule has 1 aromatic carbocycles. The van der Waals surface area contributed by atoms with Crippen molar-refractivity contribution in [2.75, 3.05) is 13.1 Å². The van der Waals surface area contributed by atoms with Gasteiger partial charge in [0.15, 0.2) is 0 Å². The van der Waals surface area contributed by atoms with Crippen LogP contribution >= 0.6 is 0 Å². The molecule has 2 heteroatoms. The molecule has 0 aliphatic rings. The predicted molar refractivity (Wildman–Crippen MR) is 72.5 cm³/mol. The summed E-state index contributed by atoms with van der Waals surface area (Å²) in [6.07, 6.45) is 2.39. The molecule has 0 saturated carbocycles. The van der Waals surface area contributed by atoms with Crippen LogP contribution in [0.5, 0.6) is 0 Å². The highest BCUT2D eigenvalue weighted by molar-refractivity contribution is 5.22. The number of nitrogens with two attached hydrogens (primary N) is 1. The van der Waals surface area contributed by atoms with Gasteiger partial charge in [-0.15, -0.1) is 0 Å². The van der Waals surface area contributed by atoms with Gasteiger partial charge in [-0.1, -0.05) is 51.5 Å². The van der Waals surface area contributed by atoms with Crippen molar-refractivity contribution in [3.8, 4) is 0 Å². The smallest absolute Gasteiger partial charge is 0.0206 e. The van der Waals surface area contributed by atoms with Crippen LogP contribution in [0.2, 0.25) is 0 Å². The Labute approximate surface area is 100 Å². The Balaban J connectivity index is 0.00000106. The van der Waals surface area contributed by atoms with E-state index in [-0.39, 0.29) is 0 Å². The van der Waals surface area contributed by atoms with E-state index in [0.29, 0.717) is 6.54 Å². The Morgan fingerprint density at radius 1 is 1.06 bits per heavy atom. The molecule has 16 heavy (non-hydrogen) atoms. The van der Waals surface area contributed by atoms with Gasteiger partial charge in [0.2, 0.25) is 0 Å². The van der Waals surface area contributed by atoms with Crippen LogP contribution in [-0.4, -0.2) is 13.1 Å². The molecule has 0 unspecified atom stereocenters. The van der Waals surface area contributed by atoms with Gasteiger partial charge in [-0.2, -0.15) is 0 Å². The van der Waals surface area contributed by atoms with Gasteiger partial charge in [0.05, 0.1) is 0 Å². The maximum absolute atomic E-state index is 5.39. The molecule has 0 saturated heterocycles. The second-order valence-corrected chi connectivity index (χ2v) is 3.53. The first-order valence-corrected chi connectivity index (χ1v) is 6.35. The summed E-state index contributed by atoms with van der Waals surface area (Å²) in [5, 5.41) is 3.28. The van der Waals surface area contributed by atoms with Crippen LogP contribution in [-0.2, 0) is 13.0 Å². The number of hydrogen-bond donors (Lipinski definition) is 2. The average molecular weight is 222 g/mol. The third-order valence-corrected chi connectivity index (χ3v) is 2.21. The third kappa shape index (κ3) is 6.59. The second kappa shape index (κ2) is 10.7. The van der Waals surface area contributed by atoms with Crippen molar-refractivity contribution < 1.29 is 0 Å². The zero-order chi connectivity index (χ0) is 12.2. The van der Waals surface area contributed by atoms with Gasteiger partial charge < -0.3 is 11.1 Å². The van der Waals surface area contributed by atoms with E-state index in [1.54, 1.807) is 0 Å². The van der Waals surface area contributed by atoms with Crippen LogP contribution in [0.15, 0.2) is 24.3 Å². The lowest BCUT2D eigenvalue weighted by Gasteiger charge is -2.04. The molecule has 0 fully saturated rings. The summed E-state index contributed by atoms with van der Waals surface area (Å²) in [7, 11) is 0. The highest BCUT2D eigenvalue weighted by Crippen LogP contribution is 2.06. The zero-order valence-electron chi connectivity index (χ0n) is 10.9. The van der Waals surface area contributed by atoms with Crippen molar-refractivity contribution in [1.29, 1.82) is 0 Å². The molecule has 0 spiro atoms. The molecule has 1 aromatic rings. The molecule has 0 amide bonds. The lowest BCUT2D eigenvalue weighted by atomic mass is 10.1. The van der Waals surface area contributed by atoms with Crippen molar-refractivity contribution in [2.24, 2.45) is 5.73 Å². The lowest BCUT2D eigenvalue weighted by molar-refractivity contribution is 0.694. The third-order valence-electron chi connectivity index (χ3n) is 2.21. The highest BCUT2D eigenvalue weighted by Gasteiger charge is 1.93. The molecule has 0 aliphatic heterocycles. The van der Waals surface area contributed by atoms with Crippen molar-refractivity contribution in [3.63, 3.8) is 0 Å². The Bertz CT molecular complexity index is 241. The van der Waals surface area contributed by atoms with Crippen LogP contribution in [0.25, 0.3) is 0 Å². The molecule has 2 nitrogen and oxygen atoms in total. The molecule has 0 atom stereocenters. The monoisotopic (exact) mass is 222 g/mol. The number of aryl methyl sites for hydroxylation is 1. The molecule has 0 aliphatic carbocycles. The number of benzene rings is 1. The molecule has 0 bridgehead atoms. The van der Waals surface area contributed by atoms with Crippen molar-refractivity contribution in [3.05, 3.63) is 35.4 Å². The molecular weight excluding hydrogens is 196 g/mol. The summed E-state index contributed by atoms with van der Waals surface area (Å²) in [6.45, 7) is 8.71. The Morgan fingerprint density at radius 2 is 1.62 bits per heavy atom. The van der Waals surface area contributed by atoms with E-state index in [2.05, 4.69) is 36.5 Å². The minimum Gasteiger partial charge on any atom is -0.329 e. The second-order valence-electron chi connectivity index (χ2n) is 3.53. The molecular formula is C14H26N2. The van der Waals surface area contributed by atoms with Gasteiger partial charge in [0, 0.05) is 19.6 Å². The fourth-order valence-electron chi connectivity index (χ4n) is 1.45. The summed E-state index contributed by atoms with van der Waals surface area (Å²) >= 11 is 0. The fourth-order valence-corrected chi connectivity index (χ4v) is 1.45. The van der Waals surface area contributed by atoms with Crippen LogP contribution in [0.1, 0.15) is 38.3 Å². The Kier molecular flexibility index (Phi) is 10.1. The number of hydrogen-bond acceptors (Lipinski definition) is 2. The summed E-state index contributed by atoms with van der Waals surface area (Å²) in [6, 6.07) is 8.80. The van der Waals surface area contributed by atoms with Crippen molar-refractivity contribution in [1.82, 2.24) is 5.32 Å². The average Bonchev–Trinajstić information content (AvgIpc) is 2.35. The lowest BCUT2D eigenvalue weighted by Crippen LogP contribution is -2.21. The first-order valence-electron chi connectivity index (χ1n) is 6.35. The number of rotatable bonds is 6. The van der Waals surface area contributed by atoms with Crippen LogP contribution in [0.3, 0.4) is 0 Å². The first kappa shape index (κ1) is 15.1. The fraction of sp³-hybridized carbons (Fsp3) is 0.571. The van der Waals surface area contributed by atoms with Gasteiger partial charge in [-0.3, -0.25) is 0 Å². The van der Waals surface area contributed by atoms with E-state index in [4.69, 9.17) is 5.73 Å². The summed E-state index contributed by atoms with van der Waals surface area (Å²) in [5.74, 6) is 0. The Morgan fingerprint density at radius 3 is 2.12 bits per heavy atom. The normalized spacial score (nSPS) is 9.50. The summed E-state index contributed by atoms with van der Waals surface area (Å²) < 4.78 is 0. The van der Waals surface area contributed by atoms with Gasteiger partial charge in [0.1, 0.15) is 0 Å². The Hall–Kier alpha value is -0.860. The van der Waals surface area contributed by atoms with Crippen LogP contribution < -0.4 is 11.1 Å². The predicted octanol–water partition coefficient (Wildman–Crippen LogP) is 2.71. The van der Waals surface area contributed by atoms with Gasteiger partial charge in [-0.25, -0.2) is 0 Å². The van der Waals surface area contributed by atoms with E-state index < -0.39 is 0 Å². The van der Waals surface area contributed by atoms with Crippen LogP contribution in [0, 0.1) is 0 Å². The summed E-state index contributed by atoms with van der Waals surface area (Å²) in [4.78, 5) is 0. The van der Waals surface area contributed by atoms with Gasteiger partial charge in [0.25, 0.3) is 0 Å². The number of nitrogens with one attached hydrogen (secondary N) is 1. The molecule has 0 aromatic heterocycles. The van der Waals surface area contributed by atoms with E-state index in [1.165, 1.54) is 24.0 Å². The SMILES string of the molecule is CC.CCCc1ccc(CNCCN)cc1. The molecule has 3 N–H and O–H groups in total. The van der Waals surface area contributed by atoms with Crippen LogP contribution in [0.4, 0.5) is 0 Å². The van der Waals surface area contributed by atoms with E-state index >= 15 is 0 Å². The van der Waals surface area contributed by atoms with Gasteiger partial charge in [-0.05, 0) is 17.5 Å². The largest absolute Gasteiger partial charge is 0.329 e. The summed E-state index contributed by atoms with van der Waals surface area (Å²) in [5.41, 5.74) is 8.15. The maximum atomic E-state index is 5.39. The molecule has 1 rings (SSSR count). The van der Waals surface area contributed by atoms with Crippen molar-refractivity contribution in [2.45, 2.75) is 40.2 Å². The zero-order valence-corrected chi connectivity index (χ0v) is 10.9. The maximum Gasteiger partial charge on any atom is 0.0206 e. The quantitative estimate of drug-likeness (QED) is 0.726. The molecule has 0 heterocycles. The standard InChI is InChI=1S/C12H20N2.C2H6/c1-2-3-11-4-6-12(7-5-11)10-14-9-8-13;1-2/h4-7,14H,2-3,8-10,13H2,1H3;1-2H3. The van der Waals surface area contributed by atoms with E-state index in [0.717, 1.165) is 13.1 Å². The first-order chi connectivity index (χ1) is 7.86. The topological polar surface area (TPSA) is 38.0 Å². The van der Waals surface area contributed by atoms with Crippen molar-refractivity contribution >= 4 is 0 Å². The highest BCUT2D eigenvalue weighted by atomic mass is 14.9. The van der Waals surface area contributed by atoms with Gasteiger partial charge >= 0.3 is 0 Å².